The third-order valence-corrected chi connectivity index (χ3v) is 7.31. The maximum atomic E-state index is 12.9. The second-order valence-electron chi connectivity index (χ2n) is 5.34. The van der Waals surface area contributed by atoms with Crippen LogP contribution in [0.5, 0.6) is 0 Å². The van der Waals surface area contributed by atoms with Crippen molar-refractivity contribution in [3.63, 3.8) is 0 Å². The summed E-state index contributed by atoms with van der Waals surface area (Å²) in [5.41, 5.74) is 3.81. The molecule has 2 unspecified atom stereocenters. The van der Waals surface area contributed by atoms with Crippen molar-refractivity contribution in [2.75, 3.05) is 18.5 Å². The van der Waals surface area contributed by atoms with Crippen LogP contribution in [0.1, 0.15) is 32.3 Å². The van der Waals surface area contributed by atoms with Crippen LogP contribution < -0.4 is 5.73 Å². The predicted molar refractivity (Wildman–Crippen MR) is 87.3 cm³/mol. The molecule has 2 atom stereocenters. The normalized spacial score (nSPS) is 17.0. The first-order valence-electron chi connectivity index (χ1n) is 7.13. The third-order valence-electron chi connectivity index (χ3n) is 3.74. The Bertz CT molecular complexity index is 532. The SMILES string of the molecule is CCCCP(=O)(CC)CC(O)(C(N)=O)c1ccc(Cl)cc1. The van der Waals surface area contributed by atoms with Gasteiger partial charge in [-0.3, -0.25) is 4.79 Å². The molecule has 1 rings (SSSR count). The molecule has 0 aliphatic carbocycles. The average Bonchev–Trinajstić information content (AvgIpc) is 2.45. The molecular weight excluding hydrogens is 309 g/mol. The highest BCUT2D eigenvalue weighted by atomic mass is 35.5. The number of hydrogen-bond donors (Lipinski definition) is 2. The number of primary amides is 1. The molecule has 1 aromatic rings. The number of benzene rings is 1. The molecule has 0 aliphatic heterocycles. The van der Waals surface area contributed by atoms with Gasteiger partial charge in [-0.2, -0.15) is 0 Å². The van der Waals surface area contributed by atoms with Crippen LogP contribution >= 0.6 is 18.7 Å². The number of unbranched alkanes of at least 4 members (excludes halogenated alkanes) is 1. The van der Waals surface area contributed by atoms with Gasteiger partial charge >= 0.3 is 0 Å². The second kappa shape index (κ2) is 7.44. The van der Waals surface area contributed by atoms with E-state index in [9.17, 15) is 14.5 Å². The quantitative estimate of drug-likeness (QED) is 0.718. The maximum Gasteiger partial charge on any atom is 0.254 e. The fraction of sp³-hybridized carbons (Fsp3) is 0.533. The van der Waals surface area contributed by atoms with Crippen LogP contribution in [0.15, 0.2) is 24.3 Å². The van der Waals surface area contributed by atoms with Crippen LogP contribution in [0.4, 0.5) is 0 Å². The highest BCUT2D eigenvalue weighted by molar-refractivity contribution is 7.64. The van der Waals surface area contributed by atoms with Crippen LogP contribution in [0.25, 0.3) is 0 Å². The van der Waals surface area contributed by atoms with E-state index in [0.29, 0.717) is 22.9 Å². The third kappa shape index (κ3) is 4.57. The summed E-state index contributed by atoms with van der Waals surface area (Å²) in [5, 5.41) is 11.2. The highest BCUT2D eigenvalue weighted by Crippen LogP contribution is 2.50. The molecule has 118 valence electrons. The van der Waals surface area contributed by atoms with Crippen LogP contribution in [0.3, 0.4) is 0 Å². The molecule has 0 saturated carbocycles. The van der Waals surface area contributed by atoms with E-state index >= 15 is 0 Å². The van der Waals surface area contributed by atoms with E-state index in [4.69, 9.17) is 17.3 Å². The second-order valence-corrected chi connectivity index (χ2v) is 9.29. The smallest absolute Gasteiger partial charge is 0.254 e. The van der Waals surface area contributed by atoms with Gasteiger partial charge in [0, 0.05) is 17.3 Å². The molecule has 0 radical (unpaired) electrons. The Morgan fingerprint density at radius 2 is 1.90 bits per heavy atom. The number of halogens is 1. The van der Waals surface area contributed by atoms with E-state index in [2.05, 4.69) is 0 Å². The number of carbonyl (C=O) groups excluding carboxylic acids is 1. The molecule has 0 aromatic heterocycles. The van der Waals surface area contributed by atoms with Gasteiger partial charge in [-0.05, 0) is 30.3 Å². The number of hydrogen-bond acceptors (Lipinski definition) is 3. The van der Waals surface area contributed by atoms with E-state index in [0.717, 1.165) is 12.8 Å². The first kappa shape index (κ1) is 18.2. The summed E-state index contributed by atoms with van der Waals surface area (Å²) in [5.74, 6) is -0.880. The molecule has 0 heterocycles. The van der Waals surface area contributed by atoms with Crippen LogP contribution in [0.2, 0.25) is 5.02 Å². The molecule has 3 N–H and O–H groups in total. The lowest BCUT2D eigenvalue weighted by molar-refractivity contribution is -0.135. The lowest BCUT2D eigenvalue weighted by Gasteiger charge is -2.29. The highest BCUT2D eigenvalue weighted by Gasteiger charge is 2.42. The zero-order chi connectivity index (χ0) is 16.1. The van der Waals surface area contributed by atoms with Gasteiger partial charge in [0.2, 0.25) is 0 Å². The predicted octanol–water partition coefficient (Wildman–Crippen LogP) is 3.20. The van der Waals surface area contributed by atoms with E-state index < -0.39 is 18.7 Å². The molecule has 0 aliphatic rings. The largest absolute Gasteiger partial charge is 0.375 e. The van der Waals surface area contributed by atoms with Gasteiger partial charge in [0.25, 0.3) is 5.91 Å². The van der Waals surface area contributed by atoms with Crippen molar-refractivity contribution in [3.05, 3.63) is 34.9 Å². The van der Waals surface area contributed by atoms with Gasteiger partial charge in [0.15, 0.2) is 5.60 Å². The standard InChI is InChI=1S/C15H23ClNO3P/c1-3-5-10-21(20,4-2)11-15(19,14(17)18)12-6-8-13(16)9-7-12/h6-9,19H,3-5,10-11H2,1-2H3,(H2,17,18). The Balaban J connectivity index is 3.13. The van der Waals surface area contributed by atoms with Crippen molar-refractivity contribution in [2.45, 2.75) is 32.3 Å². The molecular formula is C15H23ClNO3P. The lowest BCUT2D eigenvalue weighted by atomic mass is 9.95. The molecule has 6 heteroatoms. The van der Waals surface area contributed by atoms with Crippen molar-refractivity contribution in [1.82, 2.24) is 0 Å². The van der Waals surface area contributed by atoms with Gasteiger partial charge in [-0.15, -0.1) is 0 Å². The van der Waals surface area contributed by atoms with Crippen molar-refractivity contribution in [1.29, 1.82) is 0 Å². The molecule has 1 aromatic carbocycles. The van der Waals surface area contributed by atoms with Crippen molar-refractivity contribution in [3.8, 4) is 0 Å². The fourth-order valence-corrected chi connectivity index (χ4v) is 5.14. The lowest BCUT2D eigenvalue weighted by Crippen LogP contribution is -2.44. The molecule has 0 fully saturated rings. The van der Waals surface area contributed by atoms with Gasteiger partial charge < -0.3 is 15.4 Å². The van der Waals surface area contributed by atoms with Crippen molar-refractivity contribution in [2.24, 2.45) is 5.73 Å². The van der Waals surface area contributed by atoms with Crippen molar-refractivity contribution < 1.29 is 14.5 Å². The number of amides is 1. The first-order chi connectivity index (χ1) is 9.77. The van der Waals surface area contributed by atoms with Gasteiger partial charge in [-0.1, -0.05) is 44.0 Å². The minimum atomic E-state index is -2.65. The fourth-order valence-electron chi connectivity index (χ4n) is 2.25. The van der Waals surface area contributed by atoms with Gasteiger partial charge in [0.05, 0.1) is 7.14 Å². The zero-order valence-corrected chi connectivity index (χ0v) is 14.2. The monoisotopic (exact) mass is 331 g/mol. The van der Waals surface area contributed by atoms with Gasteiger partial charge in [0.1, 0.15) is 0 Å². The van der Waals surface area contributed by atoms with Crippen LogP contribution in [0, 0.1) is 0 Å². The summed E-state index contributed by atoms with van der Waals surface area (Å²) < 4.78 is 12.9. The number of nitrogens with two attached hydrogens (primary N) is 1. The minimum Gasteiger partial charge on any atom is -0.375 e. The number of aliphatic hydroxyl groups is 1. The molecule has 4 nitrogen and oxygen atoms in total. The summed E-state index contributed by atoms with van der Waals surface area (Å²) in [4.78, 5) is 11.8. The topological polar surface area (TPSA) is 80.4 Å². The Hall–Kier alpha value is -0.830. The molecule has 1 amide bonds. The average molecular weight is 332 g/mol. The number of carbonyl (C=O) groups is 1. The summed E-state index contributed by atoms with van der Waals surface area (Å²) in [6.45, 7) is 3.83. The van der Waals surface area contributed by atoms with Crippen LogP contribution in [-0.2, 0) is 15.0 Å². The van der Waals surface area contributed by atoms with E-state index in [1.54, 1.807) is 24.3 Å². The Morgan fingerprint density at radius 3 is 2.33 bits per heavy atom. The summed E-state index contributed by atoms with van der Waals surface area (Å²) >= 11 is 5.82. The van der Waals surface area contributed by atoms with Gasteiger partial charge in [-0.25, -0.2) is 0 Å². The Morgan fingerprint density at radius 1 is 1.33 bits per heavy atom. The van der Waals surface area contributed by atoms with Crippen molar-refractivity contribution >= 4 is 24.7 Å². The Kier molecular flexibility index (Phi) is 6.45. The zero-order valence-electron chi connectivity index (χ0n) is 12.5. The molecule has 0 saturated heterocycles. The molecule has 0 bridgehead atoms. The molecule has 0 spiro atoms. The maximum absolute atomic E-state index is 12.9. The summed E-state index contributed by atoms with van der Waals surface area (Å²) in [6, 6.07) is 6.25. The van der Waals surface area contributed by atoms with E-state index in [-0.39, 0.29) is 6.16 Å². The summed E-state index contributed by atoms with van der Waals surface area (Å²) in [7, 11) is -2.65. The minimum absolute atomic E-state index is 0.118. The van der Waals surface area contributed by atoms with E-state index in [1.165, 1.54) is 0 Å². The first-order valence-corrected chi connectivity index (χ1v) is 9.77. The van der Waals surface area contributed by atoms with Crippen LogP contribution in [-0.4, -0.2) is 29.5 Å². The molecule has 21 heavy (non-hydrogen) atoms. The Labute approximate surface area is 131 Å². The van der Waals surface area contributed by atoms with E-state index in [1.807, 2.05) is 13.8 Å². The number of rotatable bonds is 8. The summed E-state index contributed by atoms with van der Waals surface area (Å²) in [6.07, 6.45) is 2.56.